The third-order valence-electron chi connectivity index (χ3n) is 6.20. The van der Waals surface area contributed by atoms with Crippen LogP contribution in [0.3, 0.4) is 0 Å². The number of halogens is 3. The van der Waals surface area contributed by atoms with E-state index in [0.29, 0.717) is 19.2 Å². The Bertz CT molecular complexity index is 1440. The number of rotatable bonds is 4. The average Bonchev–Trinajstić information content (AvgIpc) is 3.28. The fourth-order valence-corrected chi connectivity index (χ4v) is 5.41. The van der Waals surface area contributed by atoms with Gasteiger partial charge in [-0.15, -0.1) is 10.2 Å². The quantitative estimate of drug-likeness (QED) is 0.435. The second kappa shape index (κ2) is 8.52. The molecular weight excluding hydrogens is 483 g/mol. The maximum atomic E-state index is 14.1. The Morgan fingerprint density at radius 2 is 1.91 bits per heavy atom. The first-order valence-electron chi connectivity index (χ1n) is 10.9. The first-order valence-corrected chi connectivity index (χ1v) is 11.7. The van der Waals surface area contributed by atoms with Gasteiger partial charge < -0.3 is 10.0 Å². The van der Waals surface area contributed by atoms with Gasteiger partial charge in [-0.2, -0.15) is 0 Å². The molecule has 2 aliphatic rings. The van der Waals surface area contributed by atoms with Crippen molar-refractivity contribution < 1.29 is 23.1 Å². The Kier molecular flexibility index (Phi) is 5.62. The molecule has 1 saturated heterocycles. The number of hydrogen-bond acceptors (Lipinski definition) is 7. The fourth-order valence-electron chi connectivity index (χ4n) is 4.54. The number of fused-ring (bicyclic) bond motifs is 3. The van der Waals surface area contributed by atoms with E-state index in [1.807, 2.05) is 11.9 Å². The van der Waals surface area contributed by atoms with E-state index in [0.717, 1.165) is 35.8 Å². The summed E-state index contributed by atoms with van der Waals surface area (Å²) in [5.74, 6) is -4.60. The van der Waals surface area contributed by atoms with Crippen molar-refractivity contribution in [3.63, 3.8) is 0 Å². The van der Waals surface area contributed by atoms with Crippen LogP contribution in [0.2, 0.25) is 0 Å². The molecule has 0 radical (unpaired) electrons. The first kappa shape index (κ1) is 23.1. The van der Waals surface area contributed by atoms with Crippen LogP contribution >= 0.6 is 11.3 Å². The molecule has 1 atom stereocenters. The number of pyridine rings is 1. The summed E-state index contributed by atoms with van der Waals surface area (Å²) in [7, 11) is 0. The molecule has 1 amide bonds. The van der Waals surface area contributed by atoms with E-state index in [1.54, 1.807) is 4.90 Å². The molecule has 5 rings (SSSR count). The van der Waals surface area contributed by atoms with Crippen molar-refractivity contribution in [2.24, 2.45) is 0 Å². The smallest absolute Gasteiger partial charge is 0.278 e. The summed E-state index contributed by atoms with van der Waals surface area (Å²) in [6.45, 7) is 6.87. The predicted molar refractivity (Wildman–Crippen MR) is 122 cm³/mol. The zero-order valence-electron chi connectivity index (χ0n) is 18.6. The van der Waals surface area contributed by atoms with Gasteiger partial charge in [0.25, 0.3) is 5.91 Å². The maximum absolute atomic E-state index is 14.1. The normalized spacial score (nSPS) is 17.5. The highest BCUT2D eigenvalue weighted by Gasteiger charge is 2.42. The van der Waals surface area contributed by atoms with Crippen LogP contribution in [0.5, 0.6) is 5.75 Å². The standard InChI is InChI=1S/C23H20F3N5O3S/c1-3-29-22-11(2)5-4-6-30(22)31-10-13(19(32)20(33)18(31)23(29)34)21-28-27-17(35-21)8-12-7-15(25)16(26)9-14(12)24/h7,9-10,22,33H,2-6,8H2,1H3/t22-/m0/s1. The average molecular weight is 504 g/mol. The second-order valence-electron chi connectivity index (χ2n) is 8.34. The van der Waals surface area contributed by atoms with Crippen LogP contribution in [-0.4, -0.2) is 50.0 Å². The number of aromatic nitrogens is 3. The summed E-state index contributed by atoms with van der Waals surface area (Å²) in [6, 6.07) is 1.21. The number of likely N-dealkylation sites (N-methyl/N-ethyl adjacent to an activating group) is 1. The minimum Gasteiger partial charge on any atom is -0.502 e. The van der Waals surface area contributed by atoms with Gasteiger partial charge in [0.1, 0.15) is 17.0 Å². The van der Waals surface area contributed by atoms with Crippen molar-refractivity contribution in [1.82, 2.24) is 19.8 Å². The lowest BCUT2D eigenvalue weighted by Crippen LogP contribution is -2.63. The lowest BCUT2D eigenvalue weighted by molar-refractivity contribution is 0.0604. The Balaban J connectivity index is 1.57. The molecule has 35 heavy (non-hydrogen) atoms. The van der Waals surface area contributed by atoms with Crippen LogP contribution in [0, 0.1) is 17.5 Å². The molecule has 0 unspecified atom stereocenters. The number of aromatic hydroxyl groups is 1. The third-order valence-corrected chi connectivity index (χ3v) is 7.16. The van der Waals surface area contributed by atoms with Gasteiger partial charge in [-0.25, -0.2) is 13.2 Å². The highest BCUT2D eigenvalue weighted by atomic mass is 32.1. The molecule has 12 heteroatoms. The van der Waals surface area contributed by atoms with Gasteiger partial charge in [-0.1, -0.05) is 17.9 Å². The highest BCUT2D eigenvalue weighted by molar-refractivity contribution is 7.14. The molecule has 8 nitrogen and oxygen atoms in total. The van der Waals surface area contributed by atoms with Gasteiger partial charge in [0.05, 0.1) is 5.56 Å². The number of nitrogens with zero attached hydrogens (tertiary/aromatic N) is 5. The van der Waals surface area contributed by atoms with E-state index in [1.165, 1.54) is 10.9 Å². The van der Waals surface area contributed by atoms with Crippen molar-refractivity contribution >= 4 is 17.2 Å². The summed E-state index contributed by atoms with van der Waals surface area (Å²) in [4.78, 5) is 27.8. The van der Waals surface area contributed by atoms with Crippen LogP contribution < -0.4 is 10.4 Å². The molecule has 4 heterocycles. The Hall–Kier alpha value is -3.67. The highest BCUT2D eigenvalue weighted by Crippen LogP contribution is 2.34. The van der Waals surface area contributed by atoms with E-state index in [9.17, 15) is 27.9 Å². The fraction of sp³-hybridized carbons (Fsp3) is 0.304. The SMILES string of the molecule is C=C1CCCN2[C@@H]1N(CC)C(=O)c1c(O)c(=O)c(-c3nnc(Cc4cc(F)c(F)cc4F)s3)cn12. The van der Waals surface area contributed by atoms with Crippen LogP contribution in [0.15, 0.2) is 35.3 Å². The summed E-state index contributed by atoms with van der Waals surface area (Å²) in [5.41, 5.74) is -0.189. The summed E-state index contributed by atoms with van der Waals surface area (Å²) in [5, 5.41) is 21.0. The predicted octanol–water partition coefficient (Wildman–Crippen LogP) is 3.17. The van der Waals surface area contributed by atoms with E-state index in [4.69, 9.17) is 0 Å². The minimum absolute atomic E-state index is 0.00782. The first-order chi connectivity index (χ1) is 16.7. The molecule has 182 valence electrons. The van der Waals surface area contributed by atoms with Gasteiger partial charge in [0.2, 0.25) is 5.43 Å². The molecule has 1 fully saturated rings. The molecule has 0 spiro atoms. The van der Waals surface area contributed by atoms with E-state index in [-0.39, 0.29) is 33.3 Å². The van der Waals surface area contributed by atoms with Gasteiger partial charge >= 0.3 is 0 Å². The summed E-state index contributed by atoms with van der Waals surface area (Å²) in [6.07, 6.45) is 2.39. The number of amides is 1. The zero-order chi connectivity index (χ0) is 25.0. The van der Waals surface area contributed by atoms with E-state index < -0.39 is 40.7 Å². The molecule has 0 aliphatic carbocycles. The Morgan fingerprint density at radius 1 is 1.17 bits per heavy atom. The molecular formula is C23H20F3N5O3S. The number of piperidine rings is 1. The molecule has 1 N–H and O–H groups in total. The monoisotopic (exact) mass is 503 g/mol. The lowest BCUT2D eigenvalue weighted by Gasteiger charge is -2.49. The second-order valence-corrected chi connectivity index (χ2v) is 9.40. The van der Waals surface area contributed by atoms with E-state index in [2.05, 4.69) is 16.8 Å². The topological polar surface area (TPSA) is 91.6 Å². The van der Waals surface area contributed by atoms with Gasteiger partial charge in [0.15, 0.2) is 28.1 Å². The van der Waals surface area contributed by atoms with Crippen molar-refractivity contribution in [3.05, 3.63) is 74.4 Å². The largest absolute Gasteiger partial charge is 0.502 e. The molecule has 2 aromatic heterocycles. The molecule has 0 saturated carbocycles. The number of benzene rings is 1. The Labute approximate surface area is 201 Å². The lowest BCUT2D eigenvalue weighted by atomic mass is 10.0. The third kappa shape index (κ3) is 3.68. The summed E-state index contributed by atoms with van der Waals surface area (Å²) < 4.78 is 42.3. The molecule has 3 aromatic rings. The van der Waals surface area contributed by atoms with Crippen LogP contribution in [0.4, 0.5) is 13.2 Å². The van der Waals surface area contributed by atoms with E-state index >= 15 is 0 Å². The van der Waals surface area contributed by atoms with Crippen LogP contribution in [0.25, 0.3) is 10.6 Å². The van der Waals surface area contributed by atoms with Crippen molar-refractivity contribution in [3.8, 4) is 16.3 Å². The van der Waals surface area contributed by atoms with Crippen LogP contribution in [0.1, 0.15) is 40.8 Å². The van der Waals surface area contributed by atoms with Gasteiger partial charge in [-0.3, -0.25) is 19.3 Å². The van der Waals surface area contributed by atoms with Crippen molar-refractivity contribution in [2.75, 3.05) is 18.1 Å². The number of carbonyl (C=O) groups is 1. The van der Waals surface area contributed by atoms with Crippen LogP contribution in [-0.2, 0) is 6.42 Å². The number of hydrogen-bond donors (Lipinski definition) is 1. The number of carbonyl (C=O) groups excluding carboxylic acids is 1. The zero-order valence-corrected chi connectivity index (χ0v) is 19.4. The van der Waals surface area contributed by atoms with Crippen molar-refractivity contribution in [1.29, 1.82) is 0 Å². The maximum Gasteiger partial charge on any atom is 0.278 e. The van der Waals surface area contributed by atoms with Crippen molar-refractivity contribution in [2.45, 2.75) is 32.4 Å². The minimum atomic E-state index is -1.29. The van der Waals surface area contributed by atoms with Gasteiger partial charge in [0, 0.05) is 31.8 Å². The molecule has 2 aliphatic heterocycles. The molecule has 0 bridgehead atoms. The summed E-state index contributed by atoms with van der Waals surface area (Å²) >= 11 is 0.948. The van der Waals surface area contributed by atoms with Gasteiger partial charge in [-0.05, 0) is 37.0 Å². The Morgan fingerprint density at radius 3 is 2.66 bits per heavy atom. The molecule has 1 aromatic carbocycles.